The van der Waals surface area contributed by atoms with E-state index in [-0.39, 0.29) is 12.3 Å². The number of amides is 1. The number of alkyl halides is 4. The molecule has 1 heterocycles. The summed E-state index contributed by atoms with van der Waals surface area (Å²) in [6, 6.07) is 0. The average molecular weight is 342 g/mol. The highest BCUT2D eigenvalue weighted by atomic mass is 79.9. The van der Waals surface area contributed by atoms with Crippen LogP contribution in [-0.2, 0) is 4.79 Å². The van der Waals surface area contributed by atoms with Crippen LogP contribution >= 0.6 is 15.9 Å². The van der Waals surface area contributed by atoms with E-state index in [2.05, 4.69) is 15.9 Å². The lowest BCUT2D eigenvalue weighted by atomic mass is 9.78. The molecule has 2 fully saturated rings. The van der Waals surface area contributed by atoms with Gasteiger partial charge >= 0.3 is 6.18 Å². The number of carbonyl (C=O) groups excluding carboxylic acids is 1. The summed E-state index contributed by atoms with van der Waals surface area (Å²) >= 11 is 3.37. The van der Waals surface area contributed by atoms with Crippen molar-refractivity contribution < 1.29 is 18.0 Å². The van der Waals surface area contributed by atoms with E-state index in [0.717, 1.165) is 18.2 Å². The topological polar surface area (TPSA) is 20.3 Å². The minimum atomic E-state index is -4.24. The highest BCUT2D eigenvalue weighted by molar-refractivity contribution is 9.09. The summed E-state index contributed by atoms with van der Waals surface area (Å²) in [4.78, 5) is 14.0. The van der Waals surface area contributed by atoms with Crippen molar-refractivity contribution in [2.75, 3.05) is 18.4 Å². The van der Waals surface area contributed by atoms with Gasteiger partial charge in [-0.25, -0.2) is 0 Å². The summed E-state index contributed by atoms with van der Waals surface area (Å²) in [5.74, 6) is -2.16. The fraction of sp³-hybridized carbons (Fsp3) is 0.923. The van der Waals surface area contributed by atoms with Crippen molar-refractivity contribution in [2.45, 2.75) is 38.3 Å². The van der Waals surface area contributed by atoms with E-state index >= 15 is 0 Å². The Labute approximate surface area is 119 Å². The normalized spacial score (nSPS) is 32.6. The predicted octanol–water partition coefficient (Wildman–Crippen LogP) is 3.60. The van der Waals surface area contributed by atoms with Crippen molar-refractivity contribution in [1.82, 2.24) is 4.90 Å². The third-order valence-electron chi connectivity index (χ3n) is 4.32. The van der Waals surface area contributed by atoms with Gasteiger partial charge in [-0.05, 0) is 25.2 Å². The van der Waals surface area contributed by atoms with Gasteiger partial charge in [0.2, 0.25) is 5.91 Å². The Balaban J connectivity index is 2.04. The smallest absolute Gasteiger partial charge is 0.342 e. The molecule has 2 rings (SSSR count). The van der Waals surface area contributed by atoms with Gasteiger partial charge in [0.15, 0.2) is 0 Å². The van der Waals surface area contributed by atoms with Crippen LogP contribution in [0.3, 0.4) is 0 Å². The maximum absolute atomic E-state index is 13.0. The molecular weight excluding hydrogens is 323 g/mol. The third-order valence-corrected chi connectivity index (χ3v) is 5.24. The van der Waals surface area contributed by atoms with Gasteiger partial charge in [-0.3, -0.25) is 4.79 Å². The van der Waals surface area contributed by atoms with E-state index in [0.29, 0.717) is 31.8 Å². The summed E-state index contributed by atoms with van der Waals surface area (Å²) in [6.45, 7) is 1.21. The second kappa shape index (κ2) is 6.02. The van der Waals surface area contributed by atoms with Gasteiger partial charge in [-0.15, -0.1) is 0 Å². The first-order valence-electron chi connectivity index (χ1n) is 6.85. The highest BCUT2D eigenvalue weighted by Gasteiger charge is 2.49. The summed E-state index contributed by atoms with van der Waals surface area (Å²) in [5.41, 5.74) is 0. The van der Waals surface area contributed by atoms with E-state index in [4.69, 9.17) is 0 Å². The van der Waals surface area contributed by atoms with Crippen LogP contribution in [0.15, 0.2) is 0 Å². The van der Waals surface area contributed by atoms with Crippen molar-refractivity contribution >= 4 is 21.8 Å². The van der Waals surface area contributed by atoms with Gasteiger partial charge in [-0.2, -0.15) is 13.2 Å². The van der Waals surface area contributed by atoms with Gasteiger partial charge in [-0.1, -0.05) is 28.8 Å². The van der Waals surface area contributed by atoms with Crippen molar-refractivity contribution in [3.8, 4) is 0 Å². The Kier molecular flexibility index (Phi) is 4.79. The number of carbonyl (C=O) groups is 1. The average Bonchev–Trinajstić information content (AvgIpc) is 2.85. The van der Waals surface area contributed by atoms with Crippen LogP contribution in [0.4, 0.5) is 13.2 Å². The first-order chi connectivity index (χ1) is 8.93. The molecule has 3 unspecified atom stereocenters. The third kappa shape index (κ3) is 3.44. The number of likely N-dealkylation sites (tertiary alicyclic amines) is 1. The molecule has 0 aromatic rings. The van der Waals surface area contributed by atoms with Crippen LogP contribution in [-0.4, -0.2) is 35.4 Å². The fourth-order valence-corrected chi connectivity index (χ4v) is 3.74. The Bertz CT molecular complexity index is 334. The lowest BCUT2D eigenvalue weighted by molar-refractivity contribution is -0.200. The Morgan fingerprint density at radius 3 is 2.47 bits per heavy atom. The van der Waals surface area contributed by atoms with E-state index < -0.39 is 18.0 Å². The molecular formula is C13H19BrF3NO. The SMILES string of the molecule is O=C(C1CCCCC1C(F)(F)F)N1CCC(CBr)C1. The van der Waals surface area contributed by atoms with Crippen LogP contribution in [0.2, 0.25) is 0 Å². The molecule has 0 bridgehead atoms. The fourth-order valence-electron chi connectivity index (χ4n) is 3.21. The summed E-state index contributed by atoms with van der Waals surface area (Å²) in [5, 5.41) is 0.810. The van der Waals surface area contributed by atoms with E-state index in [1.807, 2.05) is 0 Å². The van der Waals surface area contributed by atoms with E-state index in [9.17, 15) is 18.0 Å². The van der Waals surface area contributed by atoms with Gasteiger partial charge in [0.1, 0.15) is 0 Å². The summed E-state index contributed by atoms with van der Waals surface area (Å²) in [7, 11) is 0. The van der Waals surface area contributed by atoms with E-state index in [1.165, 1.54) is 0 Å². The molecule has 1 saturated heterocycles. The second-order valence-corrected chi connectivity index (χ2v) is 6.28. The number of rotatable bonds is 2. The minimum absolute atomic E-state index is 0.107. The maximum Gasteiger partial charge on any atom is 0.392 e. The number of nitrogens with zero attached hydrogens (tertiary/aromatic N) is 1. The van der Waals surface area contributed by atoms with Gasteiger partial charge in [0.05, 0.1) is 5.92 Å². The second-order valence-electron chi connectivity index (χ2n) is 5.63. The quantitative estimate of drug-likeness (QED) is 0.703. The van der Waals surface area contributed by atoms with Crippen molar-refractivity contribution in [2.24, 2.45) is 17.8 Å². The molecule has 2 nitrogen and oxygen atoms in total. The van der Waals surface area contributed by atoms with Crippen LogP contribution < -0.4 is 0 Å². The minimum Gasteiger partial charge on any atom is -0.342 e. The summed E-state index contributed by atoms with van der Waals surface area (Å²) in [6.07, 6.45) is -1.54. The largest absolute Gasteiger partial charge is 0.392 e. The van der Waals surface area contributed by atoms with Crippen LogP contribution in [0.25, 0.3) is 0 Å². The van der Waals surface area contributed by atoms with Crippen molar-refractivity contribution in [1.29, 1.82) is 0 Å². The first kappa shape index (κ1) is 15.1. The van der Waals surface area contributed by atoms with Gasteiger partial charge in [0, 0.05) is 24.3 Å². The molecule has 2 aliphatic rings. The lowest BCUT2D eigenvalue weighted by Crippen LogP contribution is -2.44. The molecule has 0 radical (unpaired) electrons. The zero-order valence-electron chi connectivity index (χ0n) is 10.8. The molecule has 1 saturated carbocycles. The predicted molar refractivity (Wildman–Crippen MR) is 70.0 cm³/mol. The zero-order valence-corrected chi connectivity index (χ0v) is 12.3. The molecule has 1 amide bonds. The molecule has 0 aromatic heterocycles. The molecule has 0 spiro atoms. The lowest BCUT2D eigenvalue weighted by Gasteiger charge is -2.34. The molecule has 6 heteroatoms. The van der Waals surface area contributed by atoms with Crippen LogP contribution in [0.5, 0.6) is 0 Å². The first-order valence-corrected chi connectivity index (χ1v) is 7.97. The highest BCUT2D eigenvalue weighted by Crippen LogP contribution is 2.42. The number of hydrogen-bond donors (Lipinski definition) is 0. The van der Waals surface area contributed by atoms with Gasteiger partial charge in [0.25, 0.3) is 0 Å². The van der Waals surface area contributed by atoms with Crippen molar-refractivity contribution in [3.05, 3.63) is 0 Å². The monoisotopic (exact) mass is 341 g/mol. The Hall–Kier alpha value is -0.260. The van der Waals surface area contributed by atoms with Crippen LogP contribution in [0.1, 0.15) is 32.1 Å². The molecule has 1 aliphatic heterocycles. The Morgan fingerprint density at radius 2 is 1.89 bits per heavy atom. The molecule has 110 valence electrons. The molecule has 1 aliphatic carbocycles. The van der Waals surface area contributed by atoms with E-state index in [1.54, 1.807) is 4.90 Å². The standard InChI is InChI=1S/C13H19BrF3NO/c14-7-9-5-6-18(8-9)12(19)10-3-1-2-4-11(10)13(15,16)17/h9-11H,1-8H2. The molecule has 19 heavy (non-hydrogen) atoms. The summed E-state index contributed by atoms with van der Waals surface area (Å²) < 4.78 is 39.0. The Morgan fingerprint density at radius 1 is 1.21 bits per heavy atom. The number of halogens is 4. The van der Waals surface area contributed by atoms with Crippen LogP contribution in [0, 0.1) is 17.8 Å². The molecule has 3 atom stereocenters. The maximum atomic E-state index is 13.0. The zero-order chi connectivity index (χ0) is 14.0. The van der Waals surface area contributed by atoms with Gasteiger partial charge < -0.3 is 4.90 Å². The molecule has 0 aromatic carbocycles. The number of hydrogen-bond acceptors (Lipinski definition) is 1. The van der Waals surface area contributed by atoms with Crippen molar-refractivity contribution in [3.63, 3.8) is 0 Å². The molecule has 0 N–H and O–H groups in total.